The highest BCUT2D eigenvalue weighted by Gasteiger charge is 2.41. The van der Waals surface area contributed by atoms with E-state index in [1.165, 1.54) is 0 Å². The van der Waals surface area contributed by atoms with Crippen molar-refractivity contribution >= 4 is 11.9 Å². The number of carbonyl (C=O) groups excluding carboxylic acids is 1. The standard InChI is InChI=1S/C18H23N5O3/c1-11-15(12(2)26-21-11)10-23-14-5-4-13(17(23)24)8-22(9-14)18-19-7-6-16(20-18)25-3/h6-7,13-14H,4-5,8-10H2,1-3H3/t13-,14+/m1/s1. The molecular weight excluding hydrogens is 334 g/mol. The Bertz CT molecular complexity index is 801. The Balaban J connectivity index is 1.60. The average molecular weight is 357 g/mol. The van der Waals surface area contributed by atoms with Gasteiger partial charge in [-0.25, -0.2) is 4.98 Å². The maximum atomic E-state index is 13.0. The first-order valence-electron chi connectivity index (χ1n) is 8.91. The zero-order valence-corrected chi connectivity index (χ0v) is 15.3. The fourth-order valence-electron chi connectivity index (χ4n) is 3.91. The Morgan fingerprint density at radius 2 is 2.15 bits per heavy atom. The Hall–Kier alpha value is -2.64. The van der Waals surface area contributed by atoms with Crippen molar-refractivity contribution in [1.29, 1.82) is 0 Å². The van der Waals surface area contributed by atoms with Gasteiger partial charge in [0.05, 0.1) is 25.3 Å². The second kappa shape index (κ2) is 6.59. The summed E-state index contributed by atoms with van der Waals surface area (Å²) in [5.41, 5.74) is 1.86. The summed E-state index contributed by atoms with van der Waals surface area (Å²) in [6.07, 6.45) is 3.58. The number of hydrogen-bond donors (Lipinski definition) is 0. The van der Waals surface area contributed by atoms with E-state index in [4.69, 9.17) is 9.26 Å². The van der Waals surface area contributed by atoms with E-state index in [1.807, 2.05) is 18.7 Å². The molecule has 138 valence electrons. The molecule has 2 aromatic rings. The maximum Gasteiger partial charge on any atom is 0.228 e. The highest BCUT2D eigenvalue weighted by Crippen LogP contribution is 2.32. The summed E-state index contributed by atoms with van der Waals surface area (Å²) in [7, 11) is 1.59. The topological polar surface area (TPSA) is 84.6 Å². The average Bonchev–Trinajstić information content (AvgIpc) is 2.83. The second-order valence-corrected chi connectivity index (χ2v) is 7.00. The molecule has 5 heterocycles. The lowest BCUT2D eigenvalue weighted by atomic mass is 9.93. The number of ether oxygens (including phenoxy) is 1. The predicted octanol–water partition coefficient (Wildman–Crippen LogP) is 1.72. The Morgan fingerprint density at radius 3 is 2.88 bits per heavy atom. The number of rotatable bonds is 4. The van der Waals surface area contributed by atoms with Gasteiger partial charge in [-0.15, -0.1) is 0 Å². The highest BCUT2D eigenvalue weighted by molar-refractivity contribution is 5.81. The first-order chi connectivity index (χ1) is 12.6. The number of methoxy groups -OCH3 is 1. The predicted molar refractivity (Wildman–Crippen MR) is 93.8 cm³/mol. The van der Waals surface area contributed by atoms with Gasteiger partial charge in [0, 0.05) is 37.0 Å². The lowest BCUT2D eigenvalue weighted by Gasteiger charge is -2.35. The molecule has 8 heteroatoms. The zero-order chi connectivity index (χ0) is 18.3. The number of amides is 1. The van der Waals surface area contributed by atoms with Gasteiger partial charge in [0.15, 0.2) is 0 Å². The molecule has 8 nitrogen and oxygen atoms in total. The largest absolute Gasteiger partial charge is 0.481 e. The molecule has 3 saturated heterocycles. The lowest BCUT2D eigenvalue weighted by Crippen LogP contribution is -2.47. The summed E-state index contributed by atoms with van der Waals surface area (Å²) in [5.74, 6) is 2.10. The number of piperidine rings is 1. The minimum absolute atomic E-state index is 0.0379. The van der Waals surface area contributed by atoms with Crippen molar-refractivity contribution in [3.63, 3.8) is 0 Å². The number of aryl methyl sites for hydroxylation is 2. The molecule has 0 aliphatic carbocycles. The summed E-state index contributed by atoms with van der Waals surface area (Å²) < 4.78 is 10.5. The van der Waals surface area contributed by atoms with Crippen LogP contribution in [0.1, 0.15) is 29.9 Å². The van der Waals surface area contributed by atoms with E-state index in [-0.39, 0.29) is 17.9 Å². The highest BCUT2D eigenvalue weighted by atomic mass is 16.5. The number of fused-ring (bicyclic) bond motifs is 4. The fourth-order valence-corrected chi connectivity index (χ4v) is 3.91. The van der Waals surface area contributed by atoms with Crippen molar-refractivity contribution in [2.45, 2.75) is 39.3 Å². The second-order valence-electron chi connectivity index (χ2n) is 7.00. The Labute approximate surface area is 152 Å². The van der Waals surface area contributed by atoms with Crippen LogP contribution < -0.4 is 9.64 Å². The molecule has 2 aromatic heterocycles. The van der Waals surface area contributed by atoms with E-state index in [2.05, 4.69) is 20.0 Å². The third-order valence-corrected chi connectivity index (χ3v) is 5.41. The first-order valence-corrected chi connectivity index (χ1v) is 8.91. The minimum Gasteiger partial charge on any atom is -0.481 e. The molecule has 0 aromatic carbocycles. The van der Waals surface area contributed by atoms with Crippen LogP contribution in [-0.2, 0) is 11.3 Å². The van der Waals surface area contributed by atoms with E-state index in [0.717, 1.165) is 36.4 Å². The molecule has 3 aliphatic heterocycles. The van der Waals surface area contributed by atoms with Crippen LogP contribution in [0.15, 0.2) is 16.8 Å². The zero-order valence-electron chi connectivity index (χ0n) is 15.3. The molecule has 2 atom stereocenters. The quantitative estimate of drug-likeness (QED) is 0.823. The Kier molecular flexibility index (Phi) is 4.26. The van der Waals surface area contributed by atoms with E-state index in [9.17, 15) is 4.79 Å². The van der Waals surface area contributed by atoms with Crippen molar-refractivity contribution < 1.29 is 14.1 Å². The molecular formula is C18H23N5O3. The van der Waals surface area contributed by atoms with Crippen LogP contribution in [0.4, 0.5) is 5.95 Å². The van der Waals surface area contributed by atoms with Crippen LogP contribution >= 0.6 is 0 Å². The van der Waals surface area contributed by atoms with Crippen LogP contribution in [0.2, 0.25) is 0 Å². The molecule has 0 unspecified atom stereocenters. The normalized spacial score (nSPS) is 22.7. The van der Waals surface area contributed by atoms with Gasteiger partial charge >= 0.3 is 0 Å². The van der Waals surface area contributed by atoms with Crippen LogP contribution in [0, 0.1) is 19.8 Å². The van der Waals surface area contributed by atoms with Crippen LogP contribution in [0.3, 0.4) is 0 Å². The van der Waals surface area contributed by atoms with Gasteiger partial charge in [0.25, 0.3) is 0 Å². The molecule has 0 spiro atoms. The van der Waals surface area contributed by atoms with E-state index >= 15 is 0 Å². The van der Waals surface area contributed by atoms with Crippen molar-refractivity contribution in [3.05, 3.63) is 29.3 Å². The number of hydrogen-bond acceptors (Lipinski definition) is 7. The van der Waals surface area contributed by atoms with Crippen molar-refractivity contribution in [2.75, 3.05) is 25.1 Å². The van der Waals surface area contributed by atoms with Gasteiger partial charge in [0.1, 0.15) is 5.76 Å². The van der Waals surface area contributed by atoms with Crippen molar-refractivity contribution in [3.8, 4) is 5.88 Å². The van der Waals surface area contributed by atoms with Gasteiger partial charge in [-0.3, -0.25) is 4.79 Å². The maximum absolute atomic E-state index is 13.0. The van der Waals surface area contributed by atoms with Crippen LogP contribution in [-0.4, -0.2) is 52.2 Å². The summed E-state index contributed by atoms with van der Waals surface area (Å²) in [5, 5.41) is 4.02. The summed E-state index contributed by atoms with van der Waals surface area (Å²) >= 11 is 0. The third kappa shape index (κ3) is 2.89. The smallest absolute Gasteiger partial charge is 0.228 e. The summed E-state index contributed by atoms with van der Waals surface area (Å²) in [6, 6.07) is 1.86. The first kappa shape index (κ1) is 16.8. The summed E-state index contributed by atoms with van der Waals surface area (Å²) in [4.78, 5) is 26.0. The van der Waals surface area contributed by atoms with Gasteiger partial charge < -0.3 is 19.1 Å². The number of carbonyl (C=O) groups is 1. The van der Waals surface area contributed by atoms with E-state index in [1.54, 1.807) is 19.4 Å². The molecule has 3 fully saturated rings. The van der Waals surface area contributed by atoms with Crippen LogP contribution in [0.5, 0.6) is 5.88 Å². The minimum atomic E-state index is -0.0379. The molecule has 3 aliphatic rings. The van der Waals surface area contributed by atoms with Gasteiger partial charge in [-0.05, 0) is 26.7 Å². The van der Waals surface area contributed by atoms with E-state index in [0.29, 0.717) is 24.9 Å². The van der Waals surface area contributed by atoms with E-state index < -0.39 is 0 Å². The molecule has 1 amide bonds. The molecule has 2 bridgehead atoms. The van der Waals surface area contributed by atoms with Crippen molar-refractivity contribution in [1.82, 2.24) is 20.0 Å². The summed E-state index contributed by atoms with van der Waals surface area (Å²) in [6.45, 7) is 5.72. The number of aromatic nitrogens is 3. The molecule has 0 saturated carbocycles. The van der Waals surface area contributed by atoms with Gasteiger partial charge in [-0.2, -0.15) is 4.98 Å². The third-order valence-electron chi connectivity index (χ3n) is 5.41. The monoisotopic (exact) mass is 357 g/mol. The Morgan fingerprint density at radius 1 is 1.31 bits per heavy atom. The molecule has 0 radical (unpaired) electrons. The number of nitrogens with zero attached hydrogens (tertiary/aromatic N) is 5. The number of anilines is 1. The molecule has 5 rings (SSSR count). The van der Waals surface area contributed by atoms with Crippen LogP contribution in [0.25, 0.3) is 0 Å². The SMILES string of the molecule is COc1ccnc(N2C[C@H]3CC[C@@H](C2)N(Cc2c(C)noc2C)C3=O)n1. The van der Waals surface area contributed by atoms with Gasteiger partial charge in [-0.1, -0.05) is 5.16 Å². The lowest BCUT2D eigenvalue weighted by molar-refractivity contribution is -0.140. The van der Waals surface area contributed by atoms with Crippen molar-refractivity contribution in [2.24, 2.45) is 5.92 Å². The van der Waals surface area contributed by atoms with Gasteiger partial charge in [0.2, 0.25) is 17.7 Å². The molecule has 0 N–H and O–H groups in total. The fraction of sp³-hybridized carbons (Fsp3) is 0.556. The molecule has 26 heavy (non-hydrogen) atoms.